The smallest absolute Gasteiger partial charge is 0.0746 e. The molecular formula is C18H23N3. The molecule has 3 nitrogen and oxygen atoms in total. The fourth-order valence-electron chi connectivity index (χ4n) is 3.98. The number of rotatable bonds is 2. The molecule has 110 valence electrons. The van der Waals surface area contributed by atoms with Crippen molar-refractivity contribution < 1.29 is 0 Å². The highest BCUT2D eigenvalue weighted by Crippen LogP contribution is 2.27. The first kappa shape index (κ1) is 13.2. The van der Waals surface area contributed by atoms with Crippen LogP contribution in [0.5, 0.6) is 0 Å². The number of piperazine rings is 1. The molecule has 2 saturated heterocycles. The van der Waals surface area contributed by atoms with Crippen LogP contribution in [0.1, 0.15) is 25.3 Å². The molecule has 1 aromatic heterocycles. The molecule has 1 aromatic carbocycles. The van der Waals surface area contributed by atoms with Gasteiger partial charge >= 0.3 is 0 Å². The average Bonchev–Trinajstić information content (AvgIpc) is 2.95. The first-order chi connectivity index (χ1) is 10.3. The van der Waals surface area contributed by atoms with E-state index in [1.54, 1.807) is 0 Å². The molecule has 2 aliphatic heterocycles. The van der Waals surface area contributed by atoms with Gasteiger partial charge in [-0.05, 0) is 37.9 Å². The molecule has 2 aromatic rings. The van der Waals surface area contributed by atoms with Gasteiger partial charge in [0.15, 0.2) is 0 Å². The second kappa shape index (κ2) is 5.39. The molecule has 0 unspecified atom stereocenters. The molecule has 0 bridgehead atoms. The summed E-state index contributed by atoms with van der Waals surface area (Å²) in [6.45, 7) is 7.14. The van der Waals surface area contributed by atoms with Gasteiger partial charge in [0, 0.05) is 43.3 Å². The van der Waals surface area contributed by atoms with Crippen molar-refractivity contribution >= 4 is 10.9 Å². The minimum atomic E-state index is 0.637. The van der Waals surface area contributed by atoms with E-state index in [0.29, 0.717) is 6.04 Å². The summed E-state index contributed by atoms with van der Waals surface area (Å²) in [6, 6.07) is 12.2. The lowest BCUT2D eigenvalue weighted by Gasteiger charge is -2.42. The van der Waals surface area contributed by atoms with E-state index in [1.165, 1.54) is 48.9 Å². The Balaban J connectivity index is 1.59. The van der Waals surface area contributed by atoms with Gasteiger partial charge in [0.2, 0.25) is 0 Å². The van der Waals surface area contributed by atoms with E-state index in [0.717, 1.165) is 12.6 Å². The van der Waals surface area contributed by atoms with Gasteiger partial charge in [0.25, 0.3) is 0 Å². The van der Waals surface area contributed by atoms with Gasteiger partial charge < -0.3 is 0 Å². The fourth-order valence-corrected chi connectivity index (χ4v) is 3.98. The second-order valence-electron chi connectivity index (χ2n) is 6.56. The molecular weight excluding hydrogens is 258 g/mol. The number of aromatic nitrogens is 1. The SMILES string of the molecule is C[C@H]1CN2CCC[C@H]2CN1Cc1cccc2cccnc12. The summed E-state index contributed by atoms with van der Waals surface area (Å²) in [5, 5.41) is 1.25. The zero-order valence-corrected chi connectivity index (χ0v) is 12.7. The zero-order chi connectivity index (χ0) is 14.2. The van der Waals surface area contributed by atoms with E-state index in [1.807, 2.05) is 12.3 Å². The summed E-state index contributed by atoms with van der Waals surface area (Å²) in [6.07, 6.45) is 4.65. The summed E-state index contributed by atoms with van der Waals surface area (Å²) in [4.78, 5) is 9.93. The average molecular weight is 281 g/mol. The van der Waals surface area contributed by atoms with E-state index < -0.39 is 0 Å². The van der Waals surface area contributed by atoms with E-state index in [9.17, 15) is 0 Å². The Hall–Kier alpha value is -1.45. The van der Waals surface area contributed by atoms with Crippen LogP contribution < -0.4 is 0 Å². The third kappa shape index (κ3) is 2.45. The van der Waals surface area contributed by atoms with Gasteiger partial charge in [-0.3, -0.25) is 14.8 Å². The lowest BCUT2D eigenvalue weighted by atomic mass is 10.0. The summed E-state index contributed by atoms with van der Waals surface area (Å²) >= 11 is 0. The van der Waals surface area contributed by atoms with Crippen LogP contribution in [0, 0.1) is 0 Å². The van der Waals surface area contributed by atoms with Crippen LogP contribution in [0.15, 0.2) is 36.5 Å². The molecule has 0 amide bonds. The topological polar surface area (TPSA) is 19.4 Å². The number of hydrogen-bond acceptors (Lipinski definition) is 3. The minimum Gasteiger partial charge on any atom is -0.298 e. The van der Waals surface area contributed by atoms with Crippen molar-refractivity contribution in [1.82, 2.24) is 14.8 Å². The van der Waals surface area contributed by atoms with Crippen molar-refractivity contribution in [3.63, 3.8) is 0 Å². The fraction of sp³-hybridized carbons (Fsp3) is 0.500. The Bertz CT molecular complexity index is 634. The molecule has 21 heavy (non-hydrogen) atoms. The van der Waals surface area contributed by atoms with Gasteiger partial charge in [-0.1, -0.05) is 24.3 Å². The molecule has 2 atom stereocenters. The Morgan fingerprint density at radius 3 is 3.05 bits per heavy atom. The largest absolute Gasteiger partial charge is 0.298 e. The van der Waals surface area contributed by atoms with Crippen LogP contribution in [0.3, 0.4) is 0 Å². The van der Waals surface area contributed by atoms with E-state index in [-0.39, 0.29) is 0 Å². The third-order valence-electron chi connectivity index (χ3n) is 5.16. The van der Waals surface area contributed by atoms with Gasteiger partial charge in [-0.15, -0.1) is 0 Å². The molecule has 0 saturated carbocycles. The number of nitrogens with zero attached hydrogens (tertiary/aromatic N) is 3. The van der Waals surface area contributed by atoms with Crippen molar-refractivity contribution in [2.75, 3.05) is 19.6 Å². The van der Waals surface area contributed by atoms with Crippen LogP contribution in [0.4, 0.5) is 0 Å². The summed E-state index contributed by atoms with van der Waals surface area (Å²) in [7, 11) is 0. The summed E-state index contributed by atoms with van der Waals surface area (Å²) in [5.74, 6) is 0. The molecule has 3 heteroatoms. The molecule has 0 aliphatic carbocycles. The summed E-state index contributed by atoms with van der Waals surface area (Å²) < 4.78 is 0. The molecule has 0 spiro atoms. The van der Waals surface area contributed by atoms with Crippen molar-refractivity contribution in [2.24, 2.45) is 0 Å². The maximum atomic E-state index is 4.60. The standard InChI is InChI=1S/C18H23N3/c1-14-11-20-10-4-8-17(20)13-21(14)12-16-6-2-5-15-7-3-9-19-18(15)16/h2-3,5-7,9,14,17H,4,8,10-13H2,1H3/t14-,17-/m0/s1. The molecule has 0 radical (unpaired) electrons. The Morgan fingerprint density at radius 1 is 1.19 bits per heavy atom. The monoisotopic (exact) mass is 281 g/mol. The Labute approximate surface area is 126 Å². The Morgan fingerprint density at radius 2 is 2.10 bits per heavy atom. The maximum Gasteiger partial charge on any atom is 0.0746 e. The van der Waals surface area contributed by atoms with E-state index in [2.05, 4.69) is 46.0 Å². The highest BCUT2D eigenvalue weighted by molar-refractivity contribution is 5.81. The maximum absolute atomic E-state index is 4.60. The predicted molar refractivity (Wildman–Crippen MR) is 86.2 cm³/mol. The molecule has 3 heterocycles. The zero-order valence-electron chi connectivity index (χ0n) is 12.7. The van der Waals surface area contributed by atoms with Gasteiger partial charge in [-0.25, -0.2) is 0 Å². The number of benzene rings is 1. The van der Waals surface area contributed by atoms with Crippen LogP contribution in [-0.4, -0.2) is 46.5 Å². The highest BCUT2D eigenvalue weighted by atomic mass is 15.3. The van der Waals surface area contributed by atoms with Crippen LogP contribution in [0.25, 0.3) is 10.9 Å². The number of pyridine rings is 1. The van der Waals surface area contributed by atoms with Crippen LogP contribution in [-0.2, 0) is 6.54 Å². The van der Waals surface area contributed by atoms with Gasteiger partial charge in [0.1, 0.15) is 0 Å². The molecule has 4 rings (SSSR count). The van der Waals surface area contributed by atoms with Gasteiger partial charge in [0.05, 0.1) is 5.52 Å². The van der Waals surface area contributed by atoms with Gasteiger partial charge in [-0.2, -0.15) is 0 Å². The molecule has 2 aliphatic rings. The van der Waals surface area contributed by atoms with E-state index >= 15 is 0 Å². The van der Waals surface area contributed by atoms with Crippen molar-refractivity contribution in [2.45, 2.75) is 38.4 Å². The van der Waals surface area contributed by atoms with Crippen LogP contribution in [0.2, 0.25) is 0 Å². The van der Waals surface area contributed by atoms with Crippen molar-refractivity contribution in [3.8, 4) is 0 Å². The van der Waals surface area contributed by atoms with Crippen molar-refractivity contribution in [1.29, 1.82) is 0 Å². The van der Waals surface area contributed by atoms with Crippen molar-refractivity contribution in [3.05, 3.63) is 42.1 Å². The molecule has 0 N–H and O–H groups in total. The molecule has 2 fully saturated rings. The normalized spacial score (nSPS) is 27.1. The quantitative estimate of drug-likeness (QED) is 0.844. The number of hydrogen-bond donors (Lipinski definition) is 0. The van der Waals surface area contributed by atoms with Crippen LogP contribution >= 0.6 is 0 Å². The third-order valence-corrected chi connectivity index (χ3v) is 5.16. The minimum absolute atomic E-state index is 0.637. The number of fused-ring (bicyclic) bond motifs is 2. The Kier molecular flexibility index (Phi) is 3.40. The number of para-hydroxylation sites is 1. The summed E-state index contributed by atoms with van der Waals surface area (Å²) in [5.41, 5.74) is 2.53. The highest BCUT2D eigenvalue weighted by Gasteiger charge is 2.34. The second-order valence-corrected chi connectivity index (χ2v) is 6.56. The lowest BCUT2D eigenvalue weighted by Crippen LogP contribution is -2.54. The lowest BCUT2D eigenvalue weighted by molar-refractivity contribution is 0.0543. The first-order valence-electron chi connectivity index (χ1n) is 8.12. The predicted octanol–water partition coefficient (Wildman–Crippen LogP) is 2.90. The van der Waals surface area contributed by atoms with E-state index in [4.69, 9.17) is 0 Å². The first-order valence-corrected chi connectivity index (χ1v) is 8.12.